The average molecular weight is 189 g/mol. The van der Waals surface area contributed by atoms with Crippen molar-refractivity contribution in [1.82, 2.24) is 4.90 Å². The summed E-state index contributed by atoms with van der Waals surface area (Å²) < 4.78 is 5.31. The van der Waals surface area contributed by atoms with E-state index in [1.807, 2.05) is 12.1 Å². The van der Waals surface area contributed by atoms with Gasteiger partial charge in [0.1, 0.15) is 5.75 Å². The van der Waals surface area contributed by atoms with Crippen LogP contribution in [0.2, 0.25) is 0 Å². The molecule has 14 heavy (non-hydrogen) atoms. The van der Waals surface area contributed by atoms with Crippen molar-refractivity contribution in [2.75, 3.05) is 14.2 Å². The molecular formula is C12H15NO. The van der Waals surface area contributed by atoms with Crippen molar-refractivity contribution in [3.05, 3.63) is 35.4 Å². The van der Waals surface area contributed by atoms with Crippen molar-refractivity contribution in [2.24, 2.45) is 0 Å². The lowest BCUT2D eigenvalue weighted by Crippen LogP contribution is -2.07. The van der Waals surface area contributed by atoms with Crippen LogP contribution in [0, 0.1) is 0 Å². The summed E-state index contributed by atoms with van der Waals surface area (Å²) in [5, 5.41) is 0. The Balaban J connectivity index is 2.54. The van der Waals surface area contributed by atoms with E-state index in [0.717, 1.165) is 24.4 Å². The quantitative estimate of drug-likeness (QED) is 0.707. The molecule has 1 aromatic carbocycles. The highest BCUT2D eigenvalue weighted by Crippen LogP contribution is 2.31. The molecule has 0 aromatic heterocycles. The molecule has 0 radical (unpaired) electrons. The fraction of sp³-hybridized carbons (Fsp3) is 0.333. The summed E-state index contributed by atoms with van der Waals surface area (Å²) in [5.74, 6) is 0.925. The lowest BCUT2D eigenvalue weighted by molar-refractivity contribution is 0.352. The Morgan fingerprint density at radius 1 is 1.43 bits per heavy atom. The SMILES string of the molecule is C=Cc1c(OC)ccc2c1CN(C)C2. The lowest BCUT2D eigenvalue weighted by atomic mass is 10.0. The van der Waals surface area contributed by atoms with E-state index in [0.29, 0.717) is 0 Å². The molecule has 0 N–H and O–H groups in total. The second-order valence-corrected chi connectivity index (χ2v) is 3.70. The fourth-order valence-corrected chi connectivity index (χ4v) is 2.04. The van der Waals surface area contributed by atoms with Gasteiger partial charge in [-0.3, -0.25) is 4.90 Å². The van der Waals surface area contributed by atoms with Gasteiger partial charge < -0.3 is 4.74 Å². The second kappa shape index (κ2) is 3.46. The van der Waals surface area contributed by atoms with Crippen molar-refractivity contribution in [3.8, 4) is 5.75 Å². The summed E-state index contributed by atoms with van der Waals surface area (Å²) in [5.41, 5.74) is 3.90. The maximum atomic E-state index is 5.31. The van der Waals surface area contributed by atoms with Crippen LogP contribution in [0.1, 0.15) is 16.7 Å². The molecule has 0 unspecified atom stereocenters. The minimum Gasteiger partial charge on any atom is -0.496 e. The average Bonchev–Trinajstić information content (AvgIpc) is 2.56. The third kappa shape index (κ3) is 1.32. The minimum absolute atomic E-state index is 0.925. The molecule has 0 spiro atoms. The Morgan fingerprint density at radius 3 is 2.86 bits per heavy atom. The zero-order valence-electron chi connectivity index (χ0n) is 8.71. The molecular weight excluding hydrogens is 174 g/mol. The van der Waals surface area contributed by atoms with Gasteiger partial charge in [0.15, 0.2) is 0 Å². The van der Waals surface area contributed by atoms with Crippen LogP contribution >= 0.6 is 0 Å². The predicted octanol–water partition coefficient (Wildman–Crippen LogP) is 2.28. The number of benzene rings is 1. The van der Waals surface area contributed by atoms with Gasteiger partial charge in [0, 0.05) is 18.7 Å². The number of methoxy groups -OCH3 is 1. The molecule has 1 aromatic rings. The van der Waals surface area contributed by atoms with Crippen molar-refractivity contribution in [3.63, 3.8) is 0 Å². The zero-order chi connectivity index (χ0) is 10.1. The standard InChI is InChI=1S/C12H15NO/c1-4-10-11-8-13(2)7-9(11)5-6-12(10)14-3/h4-6H,1,7-8H2,2-3H3. The van der Waals surface area contributed by atoms with E-state index in [2.05, 4.69) is 24.6 Å². The van der Waals surface area contributed by atoms with E-state index in [4.69, 9.17) is 4.74 Å². The summed E-state index contributed by atoms with van der Waals surface area (Å²) in [7, 11) is 3.83. The Morgan fingerprint density at radius 2 is 2.21 bits per heavy atom. The van der Waals surface area contributed by atoms with E-state index in [-0.39, 0.29) is 0 Å². The molecule has 0 atom stereocenters. The van der Waals surface area contributed by atoms with Crippen LogP contribution in [0.3, 0.4) is 0 Å². The lowest BCUT2D eigenvalue weighted by Gasteiger charge is -2.09. The molecule has 0 aliphatic carbocycles. The first-order valence-corrected chi connectivity index (χ1v) is 4.76. The third-order valence-corrected chi connectivity index (χ3v) is 2.71. The molecule has 0 amide bonds. The van der Waals surface area contributed by atoms with E-state index in [1.54, 1.807) is 7.11 Å². The fourth-order valence-electron chi connectivity index (χ4n) is 2.04. The molecule has 2 heteroatoms. The third-order valence-electron chi connectivity index (χ3n) is 2.71. The summed E-state index contributed by atoms with van der Waals surface area (Å²) in [6, 6.07) is 4.17. The molecule has 74 valence electrons. The summed E-state index contributed by atoms with van der Waals surface area (Å²) in [6.07, 6.45) is 1.89. The number of fused-ring (bicyclic) bond motifs is 1. The van der Waals surface area contributed by atoms with Crippen molar-refractivity contribution in [1.29, 1.82) is 0 Å². The van der Waals surface area contributed by atoms with Gasteiger partial charge in [-0.05, 0) is 24.2 Å². The number of ether oxygens (including phenoxy) is 1. The normalized spacial score (nSPS) is 15.3. The maximum Gasteiger partial charge on any atom is 0.126 e. The Hall–Kier alpha value is -1.28. The molecule has 0 saturated carbocycles. The van der Waals surface area contributed by atoms with Gasteiger partial charge in [0.05, 0.1) is 7.11 Å². The van der Waals surface area contributed by atoms with E-state index >= 15 is 0 Å². The first kappa shape index (κ1) is 9.28. The number of nitrogens with zero attached hydrogens (tertiary/aromatic N) is 1. The van der Waals surface area contributed by atoms with Gasteiger partial charge >= 0.3 is 0 Å². The van der Waals surface area contributed by atoms with Gasteiger partial charge in [-0.1, -0.05) is 18.7 Å². The zero-order valence-corrected chi connectivity index (χ0v) is 8.71. The number of rotatable bonds is 2. The molecule has 1 heterocycles. The van der Waals surface area contributed by atoms with Crippen molar-refractivity contribution < 1.29 is 4.74 Å². The Kier molecular flexibility index (Phi) is 2.30. The predicted molar refractivity (Wildman–Crippen MR) is 58.3 cm³/mol. The molecule has 1 aliphatic rings. The molecule has 2 nitrogen and oxygen atoms in total. The molecule has 2 rings (SSSR count). The number of hydrogen-bond donors (Lipinski definition) is 0. The van der Waals surface area contributed by atoms with Crippen LogP contribution < -0.4 is 4.74 Å². The molecule has 0 fully saturated rings. The highest BCUT2D eigenvalue weighted by molar-refractivity contribution is 5.62. The first-order valence-electron chi connectivity index (χ1n) is 4.76. The van der Waals surface area contributed by atoms with Crippen molar-refractivity contribution in [2.45, 2.75) is 13.1 Å². The van der Waals surface area contributed by atoms with Gasteiger partial charge in [-0.15, -0.1) is 0 Å². The van der Waals surface area contributed by atoms with Crippen LogP contribution in [-0.4, -0.2) is 19.1 Å². The Labute approximate surface area is 84.8 Å². The highest BCUT2D eigenvalue weighted by Gasteiger charge is 2.19. The summed E-state index contributed by atoms with van der Waals surface area (Å²) >= 11 is 0. The maximum absolute atomic E-state index is 5.31. The topological polar surface area (TPSA) is 12.5 Å². The van der Waals surface area contributed by atoms with Gasteiger partial charge in [-0.25, -0.2) is 0 Å². The smallest absolute Gasteiger partial charge is 0.126 e. The van der Waals surface area contributed by atoms with E-state index in [1.165, 1.54) is 11.1 Å². The van der Waals surface area contributed by atoms with Crippen LogP contribution in [0.25, 0.3) is 6.08 Å². The van der Waals surface area contributed by atoms with Gasteiger partial charge in [0.2, 0.25) is 0 Å². The van der Waals surface area contributed by atoms with E-state index < -0.39 is 0 Å². The minimum atomic E-state index is 0.925. The molecule has 0 saturated heterocycles. The monoisotopic (exact) mass is 189 g/mol. The number of hydrogen-bond acceptors (Lipinski definition) is 2. The van der Waals surface area contributed by atoms with Crippen LogP contribution in [0.5, 0.6) is 5.75 Å². The largest absolute Gasteiger partial charge is 0.496 e. The first-order chi connectivity index (χ1) is 6.76. The summed E-state index contributed by atoms with van der Waals surface area (Å²) in [4.78, 5) is 2.29. The van der Waals surface area contributed by atoms with Gasteiger partial charge in [-0.2, -0.15) is 0 Å². The molecule has 1 aliphatic heterocycles. The van der Waals surface area contributed by atoms with Crippen LogP contribution in [0.4, 0.5) is 0 Å². The summed E-state index contributed by atoms with van der Waals surface area (Å²) in [6.45, 7) is 5.87. The highest BCUT2D eigenvalue weighted by atomic mass is 16.5. The van der Waals surface area contributed by atoms with Crippen LogP contribution in [-0.2, 0) is 13.1 Å². The van der Waals surface area contributed by atoms with E-state index in [9.17, 15) is 0 Å². The van der Waals surface area contributed by atoms with Gasteiger partial charge in [0.25, 0.3) is 0 Å². The second-order valence-electron chi connectivity index (χ2n) is 3.70. The van der Waals surface area contributed by atoms with Crippen LogP contribution in [0.15, 0.2) is 18.7 Å². The van der Waals surface area contributed by atoms with Crippen molar-refractivity contribution >= 4 is 6.08 Å². The molecule has 0 bridgehead atoms. The Bertz CT molecular complexity index is 371.